The lowest BCUT2D eigenvalue weighted by atomic mass is 10.0. The second-order valence-electron chi connectivity index (χ2n) is 4.98. The summed E-state index contributed by atoms with van der Waals surface area (Å²) in [5.74, 6) is 0. The van der Waals surface area contributed by atoms with E-state index in [1.807, 2.05) is 0 Å². The second kappa shape index (κ2) is 5.28. The molecule has 0 aromatic heterocycles. The van der Waals surface area contributed by atoms with Crippen molar-refractivity contribution in [2.45, 2.75) is 63.9 Å². The van der Waals surface area contributed by atoms with E-state index in [9.17, 15) is 0 Å². The molecule has 0 aliphatic carbocycles. The highest BCUT2D eigenvalue weighted by atomic mass is 16.5. The van der Waals surface area contributed by atoms with E-state index in [4.69, 9.17) is 9.47 Å². The third-order valence-electron chi connectivity index (χ3n) is 3.35. The lowest BCUT2D eigenvalue weighted by molar-refractivity contribution is -0.104. The number of ether oxygens (including phenoxy) is 2. The molecule has 0 aromatic carbocycles. The summed E-state index contributed by atoms with van der Waals surface area (Å²) >= 11 is 0. The molecule has 88 valence electrons. The quantitative estimate of drug-likeness (QED) is 0.774. The molecule has 0 radical (unpaired) electrons. The summed E-state index contributed by atoms with van der Waals surface area (Å²) in [6.45, 7) is 6.32. The summed E-state index contributed by atoms with van der Waals surface area (Å²) in [7, 11) is 0. The van der Waals surface area contributed by atoms with E-state index in [0.717, 1.165) is 26.0 Å². The van der Waals surface area contributed by atoms with Crippen molar-refractivity contribution in [1.29, 1.82) is 0 Å². The largest absolute Gasteiger partial charge is 0.376 e. The van der Waals surface area contributed by atoms with Crippen molar-refractivity contribution in [3.05, 3.63) is 0 Å². The van der Waals surface area contributed by atoms with Crippen molar-refractivity contribution >= 4 is 0 Å². The minimum absolute atomic E-state index is 0.357. The molecule has 0 spiro atoms. The molecule has 1 N–H and O–H groups in total. The third-order valence-corrected chi connectivity index (χ3v) is 3.35. The van der Waals surface area contributed by atoms with Gasteiger partial charge in [0.25, 0.3) is 0 Å². The third kappa shape index (κ3) is 3.44. The zero-order valence-electron chi connectivity index (χ0n) is 9.87. The topological polar surface area (TPSA) is 30.5 Å². The van der Waals surface area contributed by atoms with Crippen LogP contribution in [-0.4, -0.2) is 37.5 Å². The van der Waals surface area contributed by atoms with Gasteiger partial charge in [0.15, 0.2) is 0 Å². The fourth-order valence-corrected chi connectivity index (χ4v) is 2.63. The van der Waals surface area contributed by atoms with E-state index >= 15 is 0 Å². The molecule has 3 heteroatoms. The van der Waals surface area contributed by atoms with Gasteiger partial charge in [0.2, 0.25) is 0 Å². The van der Waals surface area contributed by atoms with Crippen LogP contribution in [0.25, 0.3) is 0 Å². The van der Waals surface area contributed by atoms with Gasteiger partial charge in [-0.1, -0.05) is 0 Å². The Hall–Kier alpha value is -0.120. The highest BCUT2D eigenvalue weighted by Gasteiger charge is 2.26. The average Bonchev–Trinajstić information content (AvgIpc) is 2.65. The Bertz CT molecular complexity index is 182. The Kier molecular flexibility index (Phi) is 4.00. The maximum Gasteiger partial charge on any atom is 0.0625 e. The molecule has 2 aliphatic rings. The van der Waals surface area contributed by atoms with Crippen LogP contribution in [-0.2, 0) is 9.47 Å². The fraction of sp³-hybridized carbons (Fsp3) is 1.00. The lowest BCUT2D eigenvalue weighted by Crippen LogP contribution is -2.37. The van der Waals surface area contributed by atoms with E-state index in [1.165, 1.54) is 12.8 Å². The summed E-state index contributed by atoms with van der Waals surface area (Å²) in [5.41, 5.74) is 0. The van der Waals surface area contributed by atoms with E-state index in [2.05, 4.69) is 19.2 Å². The molecular formula is C12H23NO2. The molecule has 2 unspecified atom stereocenters. The predicted octanol–water partition coefficient (Wildman–Crippen LogP) is 1.71. The fourth-order valence-electron chi connectivity index (χ4n) is 2.63. The van der Waals surface area contributed by atoms with Crippen LogP contribution in [0, 0.1) is 0 Å². The summed E-state index contributed by atoms with van der Waals surface area (Å²) in [6.07, 6.45) is 5.80. The molecule has 2 heterocycles. The summed E-state index contributed by atoms with van der Waals surface area (Å²) in [5, 5.41) is 3.46. The van der Waals surface area contributed by atoms with Crippen molar-refractivity contribution in [3.63, 3.8) is 0 Å². The highest BCUT2D eigenvalue weighted by molar-refractivity contribution is 4.77. The number of nitrogens with one attached hydrogen (secondary N) is 1. The predicted molar refractivity (Wildman–Crippen MR) is 60.0 cm³/mol. The first-order chi connectivity index (χ1) is 7.24. The van der Waals surface area contributed by atoms with Gasteiger partial charge in [-0.05, 0) is 46.1 Å². The van der Waals surface area contributed by atoms with E-state index in [1.54, 1.807) is 0 Å². The van der Waals surface area contributed by atoms with E-state index in [-0.39, 0.29) is 0 Å². The van der Waals surface area contributed by atoms with Crippen molar-refractivity contribution in [2.75, 3.05) is 13.2 Å². The van der Waals surface area contributed by atoms with Crippen LogP contribution in [0.3, 0.4) is 0 Å². The maximum atomic E-state index is 5.97. The van der Waals surface area contributed by atoms with Crippen molar-refractivity contribution in [3.8, 4) is 0 Å². The standard InChI is InChI=1S/C12H23NO2/c1-9-6-12(7-10(2)15-9)14-8-11-4-3-5-13-11/h9-13H,3-8H2,1-2H3/t9?,10?,11-,12?/m0/s1. The second-order valence-corrected chi connectivity index (χ2v) is 4.98. The van der Waals surface area contributed by atoms with Crippen LogP contribution in [0.4, 0.5) is 0 Å². The molecule has 2 rings (SSSR count). The first-order valence-corrected chi connectivity index (χ1v) is 6.24. The molecule has 0 bridgehead atoms. The Morgan fingerprint density at radius 3 is 2.60 bits per heavy atom. The van der Waals surface area contributed by atoms with Gasteiger partial charge in [-0.25, -0.2) is 0 Å². The molecule has 0 amide bonds. The number of hydrogen-bond donors (Lipinski definition) is 1. The summed E-state index contributed by atoms with van der Waals surface area (Å²) in [4.78, 5) is 0. The summed E-state index contributed by atoms with van der Waals surface area (Å²) < 4.78 is 11.7. The first kappa shape index (κ1) is 11.4. The lowest BCUT2D eigenvalue weighted by Gasteiger charge is -2.32. The van der Waals surface area contributed by atoms with Crippen LogP contribution in [0.1, 0.15) is 39.5 Å². The summed E-state index contributed by atoms with van der Waals surface area (Å²) in [6, 6.07) is 0.596. The normalized spacial score (nSPS) is 42.0. The van der Waals surface area contributed by atoms with E-state index in [0.29, 0.717) is 24.4 Å². The van der Waals surface area contributed by atoms with Crippen LogP contribution in [0.5, 0.6) is 0 Å². The van der Waals surface area contributed by atoms with Gasteiger partial charge in [0, 0.05) is 6.04 Å². The van der Waals surface area contributed by atoms with Gasteiger partial charge >= 0.3 is 0 Å². The molecule has 2 aliphatic heterocycles. The van der Waals surface area contributed by atoms with Crippen molar-refractivity contribution in [2.24, 2.45) is 0 Å². The number of hydrogen-bond acceptors (Lipinski definition) is 3. The molecule has 3 atom stereocenters. The van der Waals surface area contributed by atoms with Gasteiger partial charge in [-0.15, -0.1) is 0 Å². The van der Waals surface area contributed by atoms with Gasteiger partial charge in [-0.2, -0.15) is 0 Å². The number of rotatable bonds is 3. The highest BCUT2D eigenvalue weighted by Crippen LogP contribution is 2.22. The minimum atomic E-state index is 0.357. The molecule has 2 saturated heterocycles. The monoisotopic (exact) mass is 213 g/mol. The Morgan fingerprint density at radius 1 is 1.27 bits per heavy atom. The zero-order chi connectivity index (χ0) is 10.7. The molecule has 15 heavy (non-hydrogen) atoms. The Morgan fingerprint density at radius 2 is 2.00 bits per heavy atom. The molecule has 0 aromatic rings. The SMILES string of the molecule is CC1CC(OC[C@@H]2CCCN2)CC(C)O1. The molecule has 0 saturated carbocycles. The van der Waals surface area contributed by atoms with Crippen LogP contribution in [0.15, 0.2) is 0 Å². The minimum Gasteiger partial charge on any atom is -0.376 e. The molecule has 3 nitrogen and oxygen atoms in total. The van der Waals surface area contributed by atoms with Crippen LogP contribution in [0.2, 0.25) is 0 Å². The van der Waals surface area contributed by atoms with Crippen LogP contribution >= 0.6 is 0 Å². The van der Waals surface area contributed by atoms with Crippen molar-refractivity contribution < 1.29 is 9.47 Å². The van der Waals surface area contributed by atoms with Crippen molar-refractivity contribution in [1.82, 2.24) is 5.32 Å². The van der Waals surface area contributed by atoms with Gasteiger partial charge < -0.3 is 14.8 Å². The Labute approximate surface area is 92.5 Å². The zero-order valence-corrected chi connectivity index (χ0v) is 9.87. The Balaban J connectivity index is 1.69. The average molecular weight is 213 g/mol. The van der Waals surface area contributed by atoms with Gasteiger partial charge in [-0.3, -0.25) is 0 Å². The first-order valence-electron chi connectivity index (χ1n) is 6.24. The molecule has 2 fully saturated rings. The maximum absolute atomic E-state index is 5.97. The van der Waals surface area contributed by atoms with E-state index < -0.39 is 0 Å². The van der Waals surface area contributed by atoms with Crippen LogP contribution < -0.4 is 5.32 Å². The van der Waals surface area contributed by atoms with Gasteiger partial charge in [0.05, 0.1) is 24.9 Å². The molecular weight excluding hydrogens is 190 g/mol. The van der Waals surface area contributed by atoms with Gasteiger partial charge in [0.1, 0.15) is 0 Å². The smallest absolute Gasteiger partial charge is 0.0625 e.